The molecule has 0 saturated heterocycles. The fourth-order valence-corrected chi connectivity index (χ4v) is 3.67. The predicted octanol–water partition coefficient (Wildman–Crippen LogP) is 2.86. The lowest BCUT2D eigenvalue weighted by Gasteiger charge is -2.33. The highest BCUT2D eigenvalue weighted by Gasteiger charge is 2.25. The average molecular weight is 306 g/mol. The van der Waals surface area contributed by atoms with Crippen molar-refractivity contribution in [1.29, 1.82) is 0 Å². The van der Waals surface area contributed by atoms with E-state index in [9.17, 15) is 0 Å². The maximum absolute atomic E-state index is 4.14. The lowest BCUT2D eigenvalue weighted by Crippen LogP contribution is -2.31. The Labute approximate surface area is 136 Å². The molecule has 1 unspecified atom stereocenters. The van der Waals surface area contributed by atoms with Crippen LogP contribution in [-0.2, 0) is 13.1 Å². The summed E-state index contributed by atoms with van der Waals surface area (Å²) in [6.45, 7) is 3.00. The topological polar surface area (TPSA) is 44.0 Å². The van der Waals surface area contributed by atoms with Gasteiger partial charge in [0.15, 0.2) is 0 Å². The molecule has 2 heterocycles. The summed E-state index contributed by atoms with van der Waals surface area (Å²) >= 11 is 0. The van der Waals surface area contributed by atoms with E-state index in [1.54, 1.807) is 0 Å². The van der Waals surface area contributed by atoms with E-state index in [2.05, 4.69) is 63.9 Å². The monoisotopic (exact) mass is 306 g/mol. The van der Waals surface area contributed by atoms with Crippen molar-refractivity contribution in [3.63, 3.8) is 0 Å². The minimum atomic E-state index is 0.417. The van der Waals surface area contributed by atoms with Crippen LogP contribution in [0, 0.1) is 0 Å². The number of aromatic nitrogens is 2. The molecule has 0 saturated carbocycles. The quantitative estimate of drug-likeness (QED) is 0.782. The van der Waals surface area contributed by atoms with Crippen LogP contribution in [-0.4, -0.2) is 35.7 Å². The average Bonchev–Trinajstić information content (AvgIpc) is 3.01. The van der Waals surface area contributed by atoms with Crippen LogP contribution >= 0.6 is 0 Å². The van der Waals surface area contributed by atoms with Crippen LogP contribution in [0.1, 0.15) is 28.2 Å². The number of fused-ring (bicyclic) bond motifs is 2. The van der Waals surface area contributed by atoms with E-state index in [0.717, 1.165) is 25.2 Å². The summed E-state index contributed by atoms with van der Waals surface area (Å²) in [4.78, 5) is 2.41. The highest BCUT2D eigenvalue weighted by molar-refractivity contribution is 5.78. The zero-order valence-corrected chi connectivity index (χ0v) is 13.6. The molecule has 4 rings (SSSR count). The molecule has 0 fully saturated rings. The third kappa shape index (κ3) is 2.64. The highest BCUT2D eigenvalue weighted by Crippen LogP contribution is 2.34. The maximum Gasteiger partial charge on any atom is 0.0653 e. The van der Waals surface area contributed by atoms with E-state index >= 15 is 0 Å². The van der Waals surface area contributed by atoms with Gasteiger partial charge < -0.3 is 10.2 Å². The molecular formula is C19H22N4. The summed E-state index contributed by atoms with van der Waals surface area (Å²) in [6.07, 6.45) is 1.88. The normalized spacial score (nSPS) is 18.3. The first-order valence-corrected chi connectivity index (χ1v) is 8.12. The van der Waals surface area contributed by atoms with Gasteiger partial charge in [0.05, 0.1) is 11.7 Å². The number of likely N-dealkylation sites (N-methyl/N-ethyl adjacent to an activating group) is 1. The van der Waals surface area contributed by atoms with Crippen LogP contribution in [0.15, 0.2) is 42.6 Å². The van der Waals surface area contributed by atoms with Crippen molar-refractivity contribution in [2.45, 2.75) is 19.0 Å². The van der Waals surface area contributed by atoms with E-state index in [1.807, 2.05) is 13.2 Å². The van der Waals surface area contributed by atoms with Gasteiger partial charge in [0.25, 0.3) is 0 Å². The van der Waals surface area contributed by atoms with Crippen molar-refractivity contribution in [1.82, 2.24) is 20.4 Å². The van der Waals surface area contributed by atoms with Gasteiger partial charge in [-0.05, 0) is 42.4 Å². The van der Waals surface area contributed by atoms with Crippen molar-refractivity contribution in [2.75, 3.05) is 20.6 Å². The summed E-state index contributed by atoms with van der Waals surface area (Å²) in [5.74, 6) is 0.417. The Bertz CT molecular complexity index is 836. The lowest BCUT2D eigenvalue weighted by molar-refractivity contribution is 0.295. The van der Waals surface area contributed by atoms with E-state index in [-0.39, 0.29) is 0 Å². The van der Waals surface area contributed by atoms with Crippen molar-refractivity contribution in [2.24, 2.45) is 0 Å². The number of hydrogen-bond donors (Lipinski definition) is 2. The van der Waals surface area contributed by atoms with Crippen molar-refractivity contribution >= 4 is 10.9 Å². The Morgan fingerprint density at radius 1 is 1.26 bits per heavy atom. The zero-order valence-electron chi connectivity index (χ0n) is 13.6. The summed E-state index contributed by atoms with van der Waals surface area (Å²) in [5.41, 5.74) is 6.73. The summed E-state index contributed by atoms with van der Waals surface area (Å²) in [7, 11) is 4.20. The first-order valence-electron chi connectivity index (χ1n) is 8.12. The van der Waals surface area contributed by atoms with Crippen LogP contribution < -0.4 is 5.32 Å². The number of hydrogen-bond acceptors (Lipinski definition) is 3. The molecule has 1 atom stereocenters. The van der Waals surface area contributed by atoms with Gasteiger partial charge in [0.1, 0.15) is 0 Å². The minimum absolute atomic E-state index is 0.417. The number of H-pyrrole nitrogens is 1. The molecule has 0 radical (unpaired) electrons. The Kier molecular flexibility index (Phi) is 3.63. The van der Waals surface area contributed by atoms with Gasteiger partial charge in [0.2, 0.25) is 0 Å². The van der Waals surface area contributed by atoms with Gasteiger partial charge >= 0.3 is 0 Å². The van der Waals surface area contributed by atoms with E-state index < -0.39 is 0 Å². The maximum atomic E-state index is 4.14. The molecule has 3 aromatic rings. The highest BCUT2D eigenvalue weighted by atomic mass is 15.1. The lowest BCUT2D eigenvalue weighted by atomic mass is 9.84. The molecular weight excluding hydrogens is 284 g/mol. The second-order valence-corrected chi connectivity index (χ2v) is 6.53. The van der Waals surface area contributed by atoms with E-state index in [0.29, 0.717) is 5.92 Å². The number of aromatic amines is 1. The summed E-state index contributed by atoms with van der Waals surface area (Å²) < 4.78 is 0. The first kappa shape index (κ1) is 14.4. The SMILES string of the molecule is CNCc1ccc2c(c1)CN(C)CC2c1ccc2cn[nH]c2c1. The predicted molar refractivity (Wildman–Crippen MR) is 93.5 cm³/mol. The molecule has 1 aliphatic heterocycles. The third-order valence-electron chi connectivity index (χ3n) is 4.77. The van der Waals surface area contributed by atoms with Gasteiger partial charge in [0, 0.05) is 30.9 Å². The number of nitrogens with zero attached hydrogens (tertiary/aromatic N) is 2. The standard InChI is InChI=1S/C19H22N4/c1-20-9-13-3-6-17-16(7-13)11-23(2)12-18(17)14-4-5-15-10-21-22-19(15)8-14/h3-8,10,18,20H,9,11-12H2,1-2H3,(H,21,22). The second-order valence-electron chi connectivity index (χ2n) is 6.53. The Hall–Kier alpha value is -2.17. The van der Waals surface area contributed by atoms with Crippen LogP contribution in [0.5, 0.6) is 0 Å². The molecule has 2 aromatic carbocycles. The molecule has 0 amide bonds. The Morgan fingerprint density at radius 2 is 2.17 bits per heavy atom. The summed E-state index contributed by atoms with van der Waals surface area (Å²) in [6, 6.07) is 13.6. The van der Waals surface area contributed by atoms with Gasteiger partial charge in [-0.2, -0.15) is 5.10 Å². The van der Waals surface area contributed by atoms with E-state index in [1.165, 1.54) is 27.6 Å². The van der Waals surface area contributed by atoms with Gasteiger partial charge in [-0.15, -0.1) is 0 Å². The molecule has 0 bridgehead atoms. The molecule has 4 nitrogen and oxygen atoms in total. The van der Waals surface area contributed by atoms with Crippen molar-refractivity contribution < 1.29 is 0 Å². The number of rotatable bonds is 3. The number of benzene rings is 2. The van der Waals surface area contributed by atoms with Gasteiger partial charge in [-0.1, -0.05) is 30.3 Å². The van der Waals surface area contributed by atoms with Gasteiger partial charge in [-0.25, -0.2) is 0 Å². The first-order chi connectivity index (χ1) is 11.2. The molecule has 0 spiro atoms. The fraction of sp³-hybridized carbons (Fsp3) is 0.316. The largest absolute Gasteiger partial charge is 0.316 e. The van der Waals surface area contributed by atoms with Crippen LogP contribution in [0.4, 0.5) is 0 Å². The summed E-state index contributed by atoms with van der Waals surface area (Å²) in [5, 5.41) is 11.6. The van der Waals surface area contributed by atoms with E-state index in [4.69, 9.17) is 0 Å². The van der Waals surface area contributed by atoms with Crippen LogP contribution in [0.3, 0.4) is 0 Å². The van der Waals surface area contributed by atoms with Crippen LogP contribution in [0.2, 0.25) is 0 Å². The molecule has 118 valence electrons. The minimum Gasteiger partial charge on any atom is -0.316 e. The van der Waals surface area contributed by atoms with Crippen LogP contribution in [0.25, 0.3) is 10.9 Å². The zero-order chi connectivity index (χ0) is 15.8. The molecule has 4 heteroatoms. The van der Waals surface area contributed by atoms with Gasteiger partial charge in [-0.3, -0.25) is 5.10 Å². The second kappa shape index (κ2) is 5.80. The molecule has 0 aliphatic carbocycles. The third-order valence-corrected chi connectivity index (χ3v) is 4.77. The molecule has 1 aliphatic rings. The smallest absolute Gasteiger partial charge is 0.0653 e. The molecule has 1 aromatic heterocycles. The fourth-order valence-electron chi connectivity index (χ4n) is 3.67. The number of nitrogens with one attached hydrogen (secondary N) is 2. The van der Waals surface area contributed by atoms with Crippen molar-refractivity contribution in [3.8, 4) is 0 Å². The molecule has 2 N–H and O–H groups in total. The Morgan fingerprint density at radius 3 is 3.04 bits per heavy atom. The Balaban J connectivity index is 1.77. The molecule has 23 heavy (non-hydrogen) atoms. The van der Waals surface area contributed by atoms with Crippen molar-refractivity contribution in [3.05, 3.63) is 64.8 Å².